The van der Waals surface area contributed by atoms with Crippen molar-refractivity contribution in [1.29, 1.82) is 0 Å². The van der Waals surface area contributed by atoms with Gasteiger partial charge in [0, 0.05) is 5.69 Å². The first-order chi connectivity index (χ1) is 12.8. The molecule has 3 aromatic rings. The molecule has 0 bridgehead atoms. The number of anilines is 1. The average molecular weight is 388 g/mol. The number of nitrogens with zero attached hydrogens (tertiary/aromatic N) is 1. The van der Waals surface area contributed by atoms with E-state index in [1.807, 2.05) is 0 Å². The van der Waals surface area contributed by atoms with E-state index in [2.05, 4.69) is 15.3 Å². The van der Waals surface area contributed by atoms with E-state index in [4.69, 9.17) is 21.4 Å². The van der Waals surface area contributed by atoms with Crippen LogP contribution in [0.25, 0.3) is 11.0 Å². The number of H-pyrrole nitrogens is 1. The second-order valence-electron chi connectivity index (χ2n) is 5.67. The smallest absolute Gasteiger partial charge is 0.338 e. The molecule has 1 heterocycles. The minimum Gasteiger partial charge on any atom is -0.478 e. The fourth-order valence-electron chi connectivity index (χ4n) is 2.36. The molecule has 0 radical (unpaired) electrons. The lowest BCUT2D eigenvalue weighted by Gasteiger charge is -2.14. The molecule has 0 spiro atoms. The van der Waals surface area contributed by atoms with E-state index < -0.39 is 23.9 Å². The van der Waals surface area contributed by atoms with Gasteiger partial charge in [-0.2, -0.15) is 0 Å². The lowest BCUT2D eigenvalue weighted by molar-refractivity contribution is -0.123. The van der Waals surface area contributed by atoms with E-state index in [9.17, 15) is 14.4 Å². The minimum atomic E-state index is -1.22. The maximum atomic E-state index is 12.2. The van der Waals surface area contributed by atoms with Crippen LogP contribution < -0.4 is 5.32 Å². The van der Waals surface area contributed by atoms with Crippen LogP contribution in [0.15, 0.2) is 42.7 Å². The highest BCUT2D eigenvalue weighted by Gasteiger charge is 2.20. The number of aromatic amines is 1. The highest BCUT2D eigenvalue weighted by Crippen LogP contribution is 2.21. The van der Waals surface area contributed by atoms with Crippen molar-refractivity contribution >= 4 is 46.2 Å². The Kier molecular flexibility index (Phi) is 5.09. The van der Waals surface area contributed by atoms with Gasteiger partial charge in [0.15, 0.2) is 6.10 Å². The summed E-state index contributed by atoms with van der Waals surface area (Å²) >= 11 is 5.79. The van der Waals surface area contributed by atoms with Crippen LogP contribution in [-0.2, 0) is 9.53 Å². The molecule has 8 nitrogen and oxygen atoms in total. The van der Waals surface area contributed by atoms with Crippen LogP contribution in [0.3, 0.4) is 0 Å². The number of imidazole rings is 1. The molecule has 138 valence electrons. The Balaban J connectivity index is 1.67. The number of carbonyl (C=O) groups excluding carboxylic acids is 2. The third kappa shape index (κ3) is 4.06. The maximum absolute atomic E-state index is 12.2. The monoisotopic (exact) mass is 387 g/mol. The number of aromatic nitrogens is 2. The van der Waals surface area contributed by atoms with Gasteiger partial charge >= 0.3 is 11.9 Å². The SMILES string of the molecule is CC(OC(=O)c1ccc2nc[nH]c2c1)C(=O)Nc1ccc(Cl)c(C(=O)O)c1. The van der Waals surface area contributed by atoms with Crippen LogP contribution in [0.1, 0.15) is 27.6 Å². The van der Waals surface area contributed by atoms with Crippen LogP contribution in [0.5, 0.6) is 0 Å². The van der Waals surface area contributed by atoms with Gasteiger partial charge < -0.3 is 20.1 Å². The lowest BCUT2D eigenvalue weighted by Crippen LogP contribution is -2.30. The van der Waals surface area contributed by atoms with Gasteiger partial charge in [0.2, 0.25) is 0 Å². The summed E-state index contributed by atoms with van der Waals surface area (Å²) in [5.41, 5.74) is 1.72. The Morgan fingerprint density at radius 1 is 1.22 bits per heavy atom. The molecule has 0 aliphatic carbocycles. The second kappa shape index (κ2) is 7.46. The van der Waals surface area contributed by atoms with Crippen LogP contribution in [0, 0.1) is 0 Å². The van der Waals surface area contributed by atoms with Gasteiger partial charge in [-0.1, -0.05) is 11.6 Å². The van der Waals surface area contributed by atoms with Crippen molar-refractivity contribution in [3.8, 4) is 0 Å². The summed E-state index contributed by atoms with van der Waals surface area (Å²) in [6, 6.07) is 8.82. The molecule has 0 saturated heterocycles. The van der Waals surface area contributed by atoms with Crippen LogP contribution >= 0.6 is 11.6 Å². The summed E-state index contributed by atoms with van der Waals surface area (Å²) in [5, 5.41) is 11.6. The van der Waals surface area contributed by atoms with Crippen molar-refractivity contribution in [2.24, 2.45) is 0 Å². The summed E-state index contributed by atoms with van der Waals surface area (Å²) in [4.78, 5) is 42.5. The first-order valence-electron chi connectivity index (χ1n) is 7.83. The van der Waals surface area contributed by atoms with E-state index in [1.165, 1.54) is 31.5 Å². The number of aromatic carboxylic acids is 1. The van der Waals surface area contributed by atoms with Crippen molar-refractivity contribution in [1.82, 2.24) is 9.97 Å². The van der Waals surface area contributed by atoms with E-state index in [0.717, 1.165) is 0 Å². The first-order valence-corrected chi connectivity index (χ1v) is 8.21. The normalized spacial score (nSPS) is 11.8. The van der Waals surface area contributed by atoms with Crippen molar-refractivity contribution in [3.63, 3.8) is 0 Å². The maximum Gasteiger partial charge on any atom is 0.338 e. The van der Waals surface area contributed by atoms with E-state index in [-0.39, 0.29) is 21.8 Å². The second-order valence-corrected chi connectivity index (χ2v) is 6.08. The number of rotatable bonds is 5. The van der Waals surface area contributed by atoms with Gasteiger partial charge in [-0.05, 0) is 43.3 Å². The summed E-state index contributed by atoms with van der Waals surface area (Å²) in [5.74, 6) is -2.49. The molecule has 27 heavy (non-hydrogen) atoms. The van der Waals surface area contributed by atoms with Gasteiger partial charge in [-0.3, -0.25) is 4.79 Å². The summed E-state index contributed by atoms with van der Waals surface area (Å²) < 4.78 is 5.17. The van der Waals surface area contributed by atoms with E-state index in [1.54, 1.807) is 18.2 Å². The molecule has 1 atom stereocenters. The fraction of sp³-hybridized carbons (Fsp3) is 0.111. The molecule has 9 heteroatoms. The number of carbonyl (C=O) groups is 3. The zero-order valence-electron chi connectivity index (χ0n) is 14.0. The Bertz CT molecular complexity index is 1050. The Hall–Kier alpha value is -3.39. The molecular formula is C18H14ClN3O5. The zero-order chi connectivity index (χ0) is 19.6. The summed E-state index contributed by atoms with van der Waals surface area (Å²) in [7, 11) is 0. The Labute approximate surface area is 158 Å². The first kappa shape index (κ1) is 18.4. The van der Waals surface area contributed by atoms with Gasteiger partial charge in [0.25, 0.3) is 5.91 Å². The molecular weight excluding hydrogens is 374 g/mol. The summed E-state index contributed by atoms with van der Waals surface area (Å²) in [6.45, 7) is 1.41. The number of esters is 1. The molecule has 0 fully saturated rings. The number of carboxylic acid groups (broad SMARTS) is 1. The van der Waals surface area contributed by atoms with Crippen LogP contribution in [0.4, 0.5) is 5.69 Å². The Morgan fingerprint density at radius 3 is 2.74 bits per heavy atom. The molecule has 0 aliphatic rings. The quantitative estimate of drug-likeness (QED) is 0.578. The van der Waals surface area contributed by atoms with Crippen molar-refractivity contribution in [3.05, 3.63) is 58.9 Å². The van der Waals surface area contributed by atoms with Gasteiger partial charge in [0.05, 0.1) is 33.5 Å². The van der Waals surface area contributed by atoms with Crippen molar-refractivity contribution in [2.75, 3.05) is 5.32 Å². The number of amides is 1. The number of nitrogens with one attached hydrogen (secondary N) is 2. The third-order valence-electron chi connectivity index (χ3n) is 3.77. The molecule has 3 N–H and O–H groups in total. The third-order valence-corrected chi connectivity index (χ3v) is 4.10. The van der Waals surface area contributed by atoms with E-state index >= 15 is 0 Å². The number of hydrogen-bond acceptors (Lipinski definition) is 5. The van der Waals surface area contributed by atoms with Gasteiger partial charge in [-0.15, -0.1) is 0 Å². The van der Waals surface area contributed by atoms with Crippen molar-refractivity contribution < 1.29 is 24.2 Å². The topological polar surface area (TPSA) is 121 Å². The number of carboxylic acids is 1. The minimum absolute atomic E-state index is 0.0502. The number of halogens is 1. The zero-order valence-corrected chi connectivity index (χ0v) is 14.8. The molecule has 1 unspecified atom stereocenters. The van der Waals surface area contributed by atoms with Crippen LogP contribution in [-0.4, -0.2) is 39.0 Å². The number of hydrogen-bond donors (Lipinski definition) is 3. The number of benzene rings is 2. The summed E-state index contributed by atoms with van der Waals surface area (Å²) in [6.07, 6.45) is 0.409. The molecule has 1 amide bonds. The largest absolute Gasteiger partial charge is 0.478 e. The van der Waals surface area contributed by atoms with E-state index in [0.29, 0.717) is 11.0 Å². The molecule has 0 saturated carbocycles. The molecule has 2 aromatic carbocycles. The molecule has 3 rings (SSSR count). The van der Waals surface area contributed by atoms with Crippen molar-refractivity contribution in [2.45, 2.75) is 13.0 Å². The standard InChI is InChI=1S/C18H14ClN3O5/c1-9(16(23)22-11-3-4-13(19)12(7-11)17(24)25)27-18(26)10-2-5-14-15(6-10)21-8-20-14/h2-9H,1H3,(H,20,21)(H,22,23)(H,24,25). The number of fused-ring (bicyclic) bond motifs is 1. The highest BCUT2D eigenvalue weighted by molar-refractivity contribution is 6.33. The van der Waals surface area contributed by atoms with Crippen LogP contribution in [0.2, 0.25) is 5.02 Å². The average Bonchev–Trinajstić information content (AvgIpc) is 3.10. The van der Waals surface area contributed by atoms with Gasteiger partial charge in [-0.25, -0.2) is 14.6 Å². The Morgan fingerprint density at radius 2 is 2.00 bits per heavy atom. The predicted octanol–water partition coefficient (Wildman–Crippen LogP) is 3.10. The predicted molar refractivity (Wildman–Crippen MR) is 98.0 cm³/mol. The molecule has 1 aromatic heterocycles. The number of ether oxygens (including phenoxy) is 1. The highest BCUT2D eigenvalue weighted by atomic mass is 35.5. The lowest BCUT2D eigenvalue weighted by atomic mass is 10.2. The van der Waals surface area contributed by atoms with Gasteiger partial charge in [0.1, 0.15) is 0 Å². The molecule has 0 aliphatic heterocycles. The fourth-order valence-corrected chi connectivity index (χ4v) is 2.55.